The number of aromatic amines is 1. The number of ether oxygens (including phenoxy) is 1. The van der Waals surface area contributed by atoms with Gasteiger partial charge in [-0.25, -0.2) is 4.98 Å². The molecule has 1 heterocycles. The van der Waals surface area contributed by atoms with E-state index in [1.807, 2.05) is 13.8 Å². The summed E-state index contributed by atoms with van der Waals surface area (Å²) in [4.78, 5) is 17.8. The van der Waals surface area contributed by atoms with Gasteiger partial charge >= 0.3 is 0 Å². The van der Waals surface area contributed by atoms with Gasteiger partial charge in [-0.3, -0.25) is 4.79 Å². The third kappa shape index (κ3) is 2.00. The van der Waals surface area contributed by atoms with Crippen LogP contribution in [0, 0.1) is 12.7 Å². The molecule has 0 saturated carbocycles. The first-order valence-electron chi connectivity index (χ1n) is 5.32. The Bertz CT molecular complexity index is 416. The van der Waals surface area contributed by atoms with Crippen molar-refractivity contribution < 1.29 is 9.13 Å². The maximum atomic E-state index is 13.2. The van der Waals surface area contributed by atoms with E-state index in [0.717, 1.165) is 0 Å². The fourth-order valence-electron chi connectivity index (χ4n) is 1.76. The number of aryl methyl sites for hydroxylation is 1. The predicted octanol–water partition coefficient (Wildman–Crippen LogP) is 1.88. The van der Waals surface area contributed by atoms with Crippen LogP contribution in [0.5, 0.6) is 0 Å². The van der Waals surface area contributed by atoms with Crippen molar-refractivity contribution in [1.82, 2.24) is 9.97 Å². The Hall–Kier alpha value is -1.23. The minimum atomic E-state index is -0.832. The van der Waals surface area contributed by atoms with Crippen molar-refractivity contribution >= 4 is 0 Å². The second kappa shape index (κ2) is 4.74. The van der Waals surface area contributed by atoms with Gasteiger partial charge in [-0.05, 0) is 19.8 Å². The Morgan fingerprint density at radius 3 is 2.38 bits per heavy atom. The maximum Gasteiger partial charge on any atom is 0.287 e. The normalized spacial score (nSPS) is 11.8. The average Bonchev–Trinajstić information content (AvgIpc) is 2.29. The molecule has 0 saturated heterocycles. The Morgan fingerprint density at radius 2 is 2.00 bits per heavy atom. The Morgan fingerprint density at radius 1 is 1.44 bits per heavy atom. The molecule has 0 aromatic carbocycles. The Labute approximate surface area is 93.9 Å². The molecule has 1 N–H and O–H groups in total. The zero-order valence-electron chi connectivity index (χ0n) is 10.1. The fourth-order valence-corrected chi connectivity index (χ4v) is 1.76. The second-order valence-electron chi connectivity index (χ2n) is 3.72. The zero-order chi connectivity index (χ0) is 12.3. The van der Waals surface area contributed by atoms with Gasteiger partial charge < -0.3 is 9.72 Å². The number of rotatable bonds is 4. The van der Waals surface area contributed by atoms with Gasteiger partial charge in [0.15, 0.2) is 0 Å². The van der Waals surface area contributed by atoms with E-state index in [1.54, 1.807) is 7.11 Å². The highest BCUT2D eigenvalue weighted by Gasteiger charge is 2.31. The molecule has 0 bridgehead atoms. The summed E-state index contributed by atoms with van der Waals surface area (Å²) in [5.41, 5.74) is -1.29. The molecule has 0 unspecified atom stereocenters. The lowest BCUT2D eigenvalue weighted by Gasteiger charge is -2.28. The predicted molar refractivity (Wildman–Crippen MR) is 58.8 cm³/mol. The number of nitrogens with one attached hydrogen (secondary N) is 1. The summed E-state index contributed by atoms with van der Waals surface area (Å²) >= 11 is 0. The van der Waals surface area contributed by atoms with Crippen LogP contribution >= 0.6 is 0 Å². The van der Waals surface area contributed by atoms with E-state index in [1.165, 1.54) is 6.92 Å². The largest absolute Gasteiger partial charge is 0.370 e. The van der Waals surface area contributed by atoms with Crippen molar-refractivity contribution in [2.24, 2.45) is 0 Å². The van der Waals surface area contributed by atoms with Gasteiger partial charge in [-0.15, -0.1) is 0 Å². The van der Waals surface area contributed by atoms with Crippen LogP contribution in [0.3, 0.4) is 0 Å². The molecular weight excluding hydrogens is 211 g/mol. The Kier molecular flexibility index (Phi) is 3.80. The van der Waals surface area contributed by atoms with Gasteiger partial charge in [-0.2, -0.15) is 4.39 Å². The molecule has 0 spiro atoms. The van der Waals surface area contributed by atoms with Crippen LogP contribution in [0.4, 0.5) is 4.39 Å². The molecule has 0 atom stereocenters. The van der Waals surface area contributed by atoms with E-state index in [9.17, 15) is 9.18 Å². The second-order valence-corrected chi connectivity index (χ2v) is 3.72. The molecule has 0 aliphatic heterocycles. The van der Waals surface area contributed by atoms with Crippen LogP contribution in [0.15, 0.2) is 4.79 Å². The summed E-state index contributed by atoms with van der Waals surface area (Å²) in [5, 5.41) is 0. The smallest absolute Gasteiger partial charge is 0.287 e. The fraction of sp³-hybridized carbons (Fsp3) is 0.636. The average molecular weight is 228 g/mol. The molecule has 0 radical (unpaired) electrons. The van der Waals surface area contributed by atoms with Crippen molar-refractivity contribution in [3.05, 3.63) is 27.7 Å². The number of hydrogen-bond acceptors (Lipinski definition) is 3. The summed E-state index contributed by atoms with van der Waals surface area (Å²) in [6.07, 6.45) is 1.32. The molecule has 0 aliphatic carbocycles. The third-order valence-electron chi connectivity index (χ3n) is 2.99. The first-order valence-corrected chi connectivity index (χ1v) is 5.32. The highest BCUT2D eigenvalue weighted by Crippen LogP contribution is 2.29. The van der Waals surface area contributed by atoms with Crippen molar-refractivity contribution in [3.8, 4) is 0 Å². The molecule has 0 aliphatic rings. The molecule has 0 amide bonds. The first-order chi connectivity index (χ1) is 7.50. The molecular formula is C11H17FN2O2. The lowest BCUT2D eigenvalue weighted by atomic mass is 9.96. The minimum absolute atomic E-state index is 0.0991. The summed E-state index contributed by atoms with van der Waals surface area (Å²) in [6, 6.07) is 0. The number of aromatic nitrogens is 2. The third-order valence-corrected chi connectivity index (χ3v) is 2.99. The van der Waals surface area contributed by atoms with E-state index in [0.29, 0.717) is 18.7 Å². The first kappa shape index (κ1) is 12.8. The molecule has 1 aromatic heterocycles. The number of methoxy groups -OCH3 is 1. The van der Waals surface area contributed by atoms with Gasteiger partial charge in [0.1, 0.15) is 11.4 Å². The summed E-state index contributed by atoms with van der Waals surface area (Å²) in [6.45, 7) is 5.34. The highest BCUT2D eigenvalue weighted by atomic mass is 19.1. The van der Waals surface area contributed by atoms with E-state index in [2.05, 4.69) is 9.97 Å². The number of H-pyrrole nitrogens is 1. The van der Waals surface area contributed by atoms with Crippen LogP contribution in [0.1, 0.15) is 38.2 Å². The minimum Gasteiger partial charge on any atom is -0.370 e. The molecule has 1 aromatic rings. The molecule has 16 heavy (non-hydrogen) atoms. The van der Waals surface area contributed by atoms with Gasteiger partial charge in [0.2, 0.25) is 5.82 Å². The summed E-state index contributed by atoms with van der Waals surface area (Å²) < 4.78 is 18.6. The number of halogens is 1. The van der Waals surface area contributed by atoms with Crippen LogP contribution in [-0.4, -0.2) is 17.1 Å². The monoisotopic (exact) mass is 228 g/mol. The summed E-state index contributed by atoms with van der Waals surface area (Å²) in [5.74, 6) is -0.440. The topological polar surface area (TPSA) is 55.0 Å². The van der Waals surface area contributed by atoms with E-state index < -0.39 is 17.0 Å². The quantitative estimate of drug-likeness (QED) is 0.856. The van der Waals surface area contributed by atoms with Crippen molar-refractivity contribution in [2.75, 3.05) is 7.11 Å². The molecule has 5 heteroatoms. The van der Waals surface area contributed by atoms with Crippen molar-refractivity contribution in [1.29, 1.82) is 0 Å². The molecule has 0 fully saturated rings. The van der Waals surface area contributed by atoms with Crippen LogP contribution in [0.25, 0.3) is 0 Å². The van der Waals surface area contributed by atoms with E-state index in [-0.39, 0.29) is 5.69 Å². The van der Waals surface area contributed by atoms with Crippen molar-refractivity contribution in [2.45, 2.75) is 39.2 Å². The van der Waals surface area contributed by atoms with Crippen LogP contribution in [-0.2, 0) is 10.3 Å². The van der Waals surface area contributed by atoms with Gasteiger partial charge in [0.05, 0.1) is 5.69 Å². The maximum absolute atomic E-state index is 13.2. The SMILES string of the molecule is CCC(CC)(OC)c1nc(C)c(F)c(=O)[nH]1. The Balaban J connectivity index is 3.37. The van der Waals surface area contributed by atoms with Gasteiger partial charge in [0.25, 0.3) is 5.56 Å². The highest BCUT2D eigenvalue weighted by molar-refractivity contribution is 5.09. The number of nitrogens with zero attached hydrogens (tertiary/aromatic N) is 1. The van der Waals surface area contributed by atoms with Crippen LogP contribution in [0.2, 0.25) is 0 Å². The molecule has 4 nitrogen and oxygen atoms in total. The molecule has 1 rings (SSSR count). The molecule has 90 valence electrons. The van der Waals surface area contributed by atoms with E-state index >= 15 is 0 Å². The lowest BCUT2D eigenvalue weighted by Crippen LogP contribution is -2.33. The van der Waals surface area contributed by atoms with E-state index in [4.69, 9.17) is 4.74 Å². The van der Waals surface area contributed by atoms with Gasteiger partial charge in [0, 0.05) is 7.11 Å². The standard InChI is InChI=1S/C11H17FN2O2/c1-5-11(6-2,16-4)10-13-7(3)8(12)9(15)14-10/h5-6H2,1-4H3,(H,13,14,15). The van der Waals surface area contributed by atoms with Gasteiger partial charge in [-0.1, -0.05) is 13.8 Å². The summed E-state index contributed by atoms with van der Waals surface area (Å²) in [7, 11) is 1.56. The van der Waals surface area contributed by atoms with Crippen LogP contribution < -0.4 is 5.56 Å². The van der Waals surface area contributed by atoms with Crippen molar-refractivity contribution in [3.63, 3.8) is 0 Å². The lowest BCUT2D eigenvalue weighted by molar-refractivity contribution is -0.0296. The number of hydrogen-bond donors (Lipinski definition) is 1. The zero-order valence-corrected chi connectivity index (χ0v) is 10.1.